The molecule has 168 valence electrons. The van der Waals surface area contributed by atoms with Crippen LogP contribution in [0, 0.1) is 6.92 Å². The van der Waals surface area contributed by atoms with E-state index in [1.807, 2.05) is 60.1 Å². The van der Waals surface area contributed by atoms with Crippen LogP contribution in [0.1, 0.15) is 16.1 Å². The predicted octanol–water partition coefficient (Wildman–Crippen LogP) is 5.15. The van der Waals surface area contributed by atoms with E-state index in [1.54, 1.807) is 30.6 Å². The standard InChI is InChI=1S/C26H21N5O3/c1-17-4-3-13-31-16-22(30-25(17)31)18-5-7-19(8-6-18)29-26(32)24-23(14-21(33-2)15-28-24)34-20-9-11-27-12-10-20/h3-16H,1-2H3,(H,29,32). The zero-order valence-corrected chi connectivity index (χ0v) is 18.6. The number of amides is 1. The average Bonchev–Trinajstić information content (AvgIpc) is 3.31. The summed E-state index contributed by atoms with van der Waals surface area (Å²) in [6.45, 7) is 2.03. The zero-order chi connectivity index (χ0) is 23.5. The van der Waals surface area contributed by atoms with Crippen LogP contribution in [0.25, 0.3) is 16.9 Å². The Hall–Kier alpha value is -4.72. The third-order valence-electron chi connectivity index (χ3n) is 5.27. The van der Waals surface area contributed by atoms with Crippen molar-refractivity contribution in [3.8, 4) is 28.5 Å². The third kappa shape index (κ3) is 4.29. The summed E-state index contributed by atoms with van der Waals surface area (Å²) in [5.74, 6) is 0.890. The molecule has 1 N–H and O–H groups in total. The van der Waals surface area contributed by atoms with E-state index in [4.69, 9.17) is 14.5 Å². The fourth-order valence-corrected chi connectivity index (χ4v) is 3.53. The van der Waals surface area contributed by atoms with Crippen LogP contribution in [-0.2, 0) is 0 Å². The highest BCUT2D eigenvalue weighted by Crippen LogP contribution is 2.29. The van der Waals surface area contributed by atoms with Gasteiger partial charge in [-0.05, 0) is 42.8 Å². The molecule has 0 aliphatic carbocycles. The first kappa shape index (κ1) is 21.1. The van der Waals surface area contributed by atoms with Crippen molar-refractivity contribution in [1.29, 1.82) is 0 Å². The first-order chi connectivity index (χ1) is 16.6. The smallest absolute Gasteiger partial charge is 0.278 e. The van der Waals surface area contributed by atoms with Gasteiger partial charge < -0.3 is 19.2 Å². The van der Waals surface area contributed by atoms with Gasteiger partial charge in [0.2, 0.25) is 0 Å². The van der Waals surface area contributed by atoms with Crippen molar-refractivity contribution in [3.63, 3.8) is 0 Å². The van der Waals surface area contributed by atoms with Crippen molar-refractivity contribution in [3.05, 3.63) is 96.8 Å². The number of carbonyl (C=O) groups excluding carboxylic acids is 1. The van der Waals surface area contributed by atoms with E-state index in [1.165, 1.54) is 13.3 Å². The normalized spacial score (nSPS) is 10.8. The number of fused-ring (bicyclic) bond motifs is 1. The number of hydrogen-bond acceptors (Lipinski definition) is 6. The molecule has 0 saturated heterocycles. The van der Waals surface area contributed by atoms with Crippen LogP contribution in [0.4, 0.5) is 5.69 Å². The maximum atomic E-state index is 13.0. The molecule has 0 fully saturated rings. The molecule has 0 bridgehead atoms. The van der Waals surface area contributed by atoms with Crippen molar-refractivity contribution >= 4 is 17.2 Å². The van der Waals surface area contributed by atoms with E-state index in [0.717, 1.165) is 22.5 Å². The maximum Gasteiger partial charge on any atom is 0.278 e. The lowest BCUT2D eigenvalue weighted by molar-refractivity contribution is 0.102. The summed E-state index contributed by atoms with van der Waals surface area (Å²) in [7, 11) is 1.53. The van der Waals surface area contributed by atoms with E-state index >= 15 is 0 Å². The lowest BCUT2D eigenvalue weighted by Gasteiger charge is -2.12. The van der Waals surface area contributed by atoms with Gasteiger partial charge in [-0.3, -0.25) is 9.78 Å². The van der Waals surface area contributed by atoms with Gasteiger partial charge in [-0.15, -0.1) is 0 Å². The largest absolute Gasteiger partial charge is 0.495 e. The van der Waals surface area contributed by atoms with Crippen LogP contribution < -0.4 is 14.8 Å². The van der Waals surface area contributed by atoms with Crippen molar-refractivity contribution in [2.24, 2.45) is 0 Å². The van der Waals surface area contributed by atoms with Gasteiger partial charge in [0.05, 0.1) is 19.0 Å². The fourth-order valence-electron chi connectivity index (χ4n) is 3.53. The lowest BCUT2D eigenvalue weighted by atomic mass is 10.1. The molecule has 1 aromatic carbocycles. The lowest BCUT2D eigenvalue weighted by Crippen LogP contribution is -2.15. The molecule has 0 aliphatic rings. The van der Waals surface area contributed by atoms with E-state index in [0.29, 0.717) is 17.2 Å². The molecule has 0 radical (unpaired) electrons. The van der Waals surface area contributed by atoms with Gasteiger partial charge in [-0.25, -0.2) is 9.97 Å². The number of carbonyl (C=O) groups is 1. The Morgan fingerprint density at radius 1 is 1.03 bits per heavy atom. The summed E-state index contributed by atoms with van der Waals surface area (Å²) in [5.41, 5.74) is 4.60. The van der Waals surface area contributed by atoms with Gasteiger partial charge in [0.1, 0.15) is 17.1 Å². The molecule has 1 amide bonds. The van der Waals surface area contributed by atoms with E-state index < -0.39 is 5.91 Å². The second-order valence-corrected chi connectivity index (χ2v) is 7.59. The number of nitrogens with zero attached hydrogens (tertiary/aromatic N) is 4. The third-order valence-corrected chi connectivity index (χ3v) is 5.27. The monoisotopic (exact) mass is 451 g/mol. The second-order valence-electron chi connectivity index (χ2n) is 7.59. The van der Waals surface area contributed by atoms with Crippen molar-refractivity contribution in [2.75, 3.05) is 12.4 Å². The number of imidazole rings is 1. The number of nitrogens with one attached hydrogen (secondary N) is 1. The molecule has 8 heteroatoms. The highest BCUT2D eigenvalue weighted by Gasteiger charge is 2.17. The summed E-state index contributed by atoms with van der Waals surface area (Å²) in [6.07, 6.45) is 8.65. The Labute approximate surface area is 195 Å². The minimum absolute atomic E-state index is 0.137. The highest BCUT2D eigenvalue weighted by atomic mass is 16.5. The van der Waals surface area contributed by atoms with Crippen LogP contribution in [0.2, 0.25) is 0 Å². The summed E-state index contributed by atoms with van der Waals surface area (Å²) in [4.78, 5) is 26.0. The van der Waals surface area contributed by atoms with Gasteiger partial charge in [-0.1, -0.05) is 18.2 Å². The highest BCUT2D eigenvalue weighted by molar-refractivity contribution is 6.05. The van der Waals surface area contributed by atoms with Gasteiger partial charge in [0.25, 0.3) is 5.91 Å². The number of anilines is 1. The van der Waals surface area contributed by atoms with Crippen LogP contribution in [0.5, 0.6) is 17.2 Å². The van der Waals surface area contributed by atoms with Gasteiger partial charge in [0.15, 0.2) is 11.4 Å². The van der Waals surface area contributed by atoms with Gasteiger partial charge >= 0.3 is 0 Å². The van der Waals surface area contributed by atoms with Gasteiger partial charge in [-0.2, -0.15) is 0 Å². The van der Waals surface area contributed by atoms with Gasteiger partial charge in [0, 0.05) is 42.1 Å². The van der Waals surface area contributed by atoms with Crippen LogP contribution in [0.3, 0.4) is 0 Å². The summed E-state index contributed by atoms with van der Waals surface area (Å²) in [6, 6.07) is 16.5. The van der Waals surface area contributed by atoms with E-state index in [2.05, 4.69) is 15.3 Å². The number of rotatable bonds is 6. The summed E-state index contributed by atoms with van der Waals surface area (Å²) in [5, 5.41) is 2.88. The van der Waals surface area contributed by atoms with Crippen molar-refractivity contribution in [2.45, 2.75) is 6.92 Å². The Balaban J connectivity index is 1.37. The maximum absolute atomic E-state index is 13.0. The number of ether oxygens (including phenoxy) is 2. The molecule has 0 aliphatic heterocycles. The van der Waals surface area contributed by atoms with E-state index in [9.17, 15) is 4.79 Å². The molecule has 0 atom stereocenters. The number of methoxy groups -OCH3 is 1. The van der Waals surface area contributed by atoms with E-state index in [-0.39, 0.29) is 11.4 Å². The molecule has 34 heavy (non-hydrogen) atoms. The first-order valence-electron chi connectivity index (χ1n) is 10.6. The van der Waals surface area contributed by atoms with Crippen LogP contribution in [0.15, 0.2) is 85.6 Å². The predicted molar refractivity (Wildman–Crippen MR) is 128 cm³/mol. The molecule has 5 aromatic rings. The SMILES string of the molecule is COc1cnc(C(=O)Nc2ccc(-c3cn4cccc(C)c4n3)cc2)c(Oc2ccncc2)c1. The zero-order valence-electron chi connectivity index (χ0n) is 18.6. The second kappa shape index (κ2) is 9.03. The number of aryl methyl sites for hydroxylation is 1. The fraction of sp³-hybridized carbons (Fsp3) is 0.0769. The minimum atomic E-state index is -0.400. The molecule has 4 aromatic heterocycles. The van der Waals surface area contributed by atoms with Crippen LogP contribution >= 0.6 is 0 Å². The molecular formula is C26H21N5O3. The Kier molecular flexibility index (Phi) is 5.61. The number of benzene rings is 1. The molecule has 4 heterocycles. The summed E-state index contributed by atoms with van der Waals surface area (Å²) >= 11 is 0. The van der Waals surface area contributed by atoms with Crippen molar-refractivity contribution in [1.82, 2.24) is 19.4 Å². The van der Waals surface area contributed by atoms with Crippen LogP contribution in [-0.4, -0.2) is 32.4 Å². The number of hydrogen-bond donors (Lipinski definition) is 1. The Morgan fingerprint density at radius 2 is 1.82 bits per heavy atom. The molecule has 0 saturated carbocycles. The Morgan fingerprint density at radius 3 is 2.56 bits per heavy atom. The quantitative estimate of drug-likeness (QED) is 0.384. The molecule has 0 spiro atoms. The molecular weight excluding hydrogens is 430 g/mol. The van der Waals surface area contributed by atoms with Crippen molar-refractivity contribution < 1.29 is 14.3 Å². The minimum Gasteiger partial charge on any atom is -0.495 e. The Bertz CT molecular complexity index is 1460. The molecule has 5 rings (SSSR count). The average molecular weight is 451 g/mol. The molecule has 8 nitrogen and oxygen atoms in total. The summed E-state index contributed by atoms with van der Waals surface area (Å²) < 4.78 is 13.1. The first-order valence-corrected chi connectivity index (χ1v) is 10.6. The molecule has 0 unspecified atom stereocenters. The topological polar surface area (TPSA) is 90.6 Å². The number of pyridine rings is 3. The number of aromatic nitrogens is 4.